The molecule has 2 aromatic rings. The third-order valence-corrected chi connectivity index (χ3v) is 1.98. The second-order valence-corrected chi connectivity index (χ2v) is 2.99. The smallest absolute Gasteiger partial charge is 0.252 e. The van der Waals surface area contributed by atoms with E-state index in [1.54, 1.807) is 12.4 Å². The number of rotatable bonds is 3. The molecule has 2 heterocycles. The Balaban J connectivity index is 2.33. The largest absolute Gasteiger partial charge is 0.388 e. The van der Waals surface area contributed by atoms with Gasteiger partial charge in [-0.1, -0.05) is 0 Å². The number of hydrogen-bond donors (Lipinski definition) is 2. The van der Waals surface area contributed by atoms with Crippen molar-refractivity contribution in [1.29, 1.82) is 0 Å². The van der Waals surface area contributed by atoms with E-state index < -0.39 is 6.10 Å². The number of hydrogen-bond acceptors (Lipinski definition) is 5. The van der Waals surface area contributed by atoms with E-state index in [4.69, 9.17) is 5.73 Å². The summed E-state index contributed by atoms with van der Waals surface area (Å²) in [6, 6.07) is 0. The average molecular weight is 193 g/mol. The summed E-state index contributed by atoms with van der Waals surface area (Å²) in [7, 11) is 0. The average Bonchev–Trinajstić information content (AvgIpc) is 2.64. The standard InChI is InChI=1S/C8H11N5O/c9-2-1-7(14)6-3-10-8-11-5-12-13(8)4-6/h3-5,7,14H,1-2,9H2. The van der Waals surface area contributed by atoms with Gasteiger partial charge in [0.2, 0.25) is 0 Å². The highest BCUT2D eigenvalue weighted by molar-refractivity contribution is 5.26. The van der Waals surface area contributed by atoms with Crippen LogP contribution in [0.4, 0.5) is 0 Å². The summed E-state index contributed by atoms with van der Waals surface area (Å²) in [5.41, 5.74) is 6.05. The zero-order chi connectivity index (χ0) is 9.97. The highest BCUT2D eigenvalue weighted by Crippen LogP contribution is 2.13. The first-order valence-corrected chi connectivity index (χ1v) is 4.34. The first-order valence-electron chi connectivity index (χ1n) is 4.34. The Morgan fingerprint density at radius 3 is 3.14 bits per heavy atom. The zero-order valence-corrected chi connectivity index (χ0v) is 7.54. The number of aromatic nitrogens is 4. The van der Waals surface area contributed by atoms with Crippen LogP contribution in [0.5, 0.6) is 0 Å². The van der Waals surface area contributed by atoms with Gasteiger partial charge < -0.3 is 10.8 Å². The van der Waals surface area contributed by atoms with Gasteiger partial charge in [0.25, 0.3) is 5.78 Å². The Labute approximate surface area is 80.4 Å². The lowest BCUT2D eigenvalue weighted by Gasteiger charge is -2.08. The fourth-order valence-corrected chi connectivity index (χ4v) is 1.23. The highest BCUT2D eigenvalue weighted by Gasteiger charge is 2.08. The van der Waals surface area contributed by atoms with Crippen LogP contribution < -0.4 is 5.73 Å². The molecule has 0 aromatic carbocycles. The van der Waals surface area contributed by atoms with Crippen LogP contribution in [0, 0.1) is 0 Å². The van der Waals surface area contributed by atoms with Crippen molar-refractivity contribution in [2.24, 2.45) is 5.73 Å². The molecule has 0 saturated carbocycles. The van der Waals surface area contributed by atoms with Gasteiger partial charge in [-0.2, -0.15) is 10.1 Å². The van der Waals surface area contributed by atoms with E-state index in [9.17, 15) is 5.11 Å². The second kappa shape index (κ2) is 3.69. The predicted molar refractivity (Wildman–Crippen MR) is 49.4 cm³/mol. The van der Waals surface area contributed by atoms with Gasteiger partial charge >= 0.3 is 0 Å². The third-order valence-electron chi connectivity index (χ3n) is 1.98. The van der Waals surface area contributed by atoms with E-state index >= 15 is 0 Å². The summed E-state index contributed by atoms with van der Waals surface area (Å²) in [4.78, 5) is 7.93. The predicted octanol–water partition coefficient (Wildman–Crippen LogP) is -0.494. The van der Waals surface area contributed by atoms with Gasteiger partial charge in [0.15, 0.2) is 0 Å². The molecule has 0 bridgehead atoms. The maximum absolute atomic E-state index is 9.64. The minimum atomic E-state index is -0.582. The normalized spacial score (nSPS) is 13.3. The molecule has 2 rings (SSSR count). The molecule has 74 valence electrons. The summed E-state index contributed by atoms with van der Waals surface area (Å²) in [6.07, 6.45) is 4.64. The van der Waals surface area contributed by atoms with Crippen molar-refractivity contribution in [1.82, 2.24) is 19.6 Å². The van der Waals surface area contributed by atoms with Gasteiger partial charge in [0.1, 0.15) is 6.33 Å². The SMILES string of the molecule is NCCC(O)c1cnc2ncnn2c1. The second-order valence-electron chi connectivity index (χ2n) is 2.99. The Hall–Kier alpha value is -1.53. The molecule has 0 amide bonds. The molecule has 0 saturated heterocycles. The van der Waals surface area contributed by atoms with Crippen molar-refractivity contribution in [2.75, 3.05) is 6.54 Å². The molecule has 3 N–H and O–H groups in total. The van der Waals surface area contributed by atoms with E-state index in [1.165, 1.54) is 10.8 Å². The number of aliphatic hydroxyl groups excluding tert-OH is 1. The summed E-state index contributed by atoms with van der Waals surface area (Å²) < 4.78 is 1.52. The zero-order valence-electron chi connectivity index (χ0n) is 7.54. The highest BCUT2D eigenvalue weighted by atomic mass is 16.3. The van der Waals surface area contributed by atoms with Gasteiger partial charge in [-0.25, -0.2) is 9.50 Å². The molecule has 6 nitrogen and oxygen atoms in total. The molecule has 0 spiro atoms. The van der Waals surface area contributed by atoms with Crippen LogP contribution in [0.1, 0.15) is 18.1 Å². The lowest BCUT2D eigenvalue weighted by molar-refractivity contribution is 0.169. The molecule has 0 aliphatic carbocycles. The first-order chi connectivity index (χ1) is 6.81. The maximum atomic E-state index is 9.64. The number of fused-ring (bicyclic) bond motifs is 1. The summed E-state index contributed by atoms with van der Waals surface area (Å²) >= 11 is 0. The van der Waals surface area contributed by atoms with Crippen LogP contribution in [0.2, 0.25) is 0 Å². The van der Waals surface area contributed by atoms with Gasteiger partial charge in [-0.15, -0.1) is 0 Å². The molecular formula is C8H11N5O. The molecule has 2 aromatic heterocycles. The van der Waals surface area contributed by atoms with Crippen molar-refractivity contribution in [3.8, 4) is 0 Å². The van der Waals surface area contributed by atoms with E-state index in [2.05, 4.69) is 15.1 Å². The minimum absolute atomic E-state index is 0.441. The van der Waals surface area contributed by atoms with Crippen LogP contribution in [0.15, 0.2) is 18.7 Å². The monoisotopic (exact) mass is 193 g/mol. The molecule has 0 radical (unpaired) electrons. The van der Waals surface area contributed by atoms with E-state index in [0.717, 1.165) is 0 Å². The maximum Gasteiger partial charge on any atom is 0.252 e. The Kier molecular flexibility index (Phi) is 2.38. The Morgan fingerprint density at radius 2 is 2.36 bits per heavy atom. The molecule has 1 unspecified atom stereocenters. The van der Waals surface area contributed by atoms with Crippen molar-refractivity contribution in [2.45, 2.75) is 12.5 Å². The molecule has 14 heavy (non-hydrogen) atoms. The summed E-state index contributed by atoms with van der Waals surface area (Å²) in [6.45, 7) is 0.441. The van der Waals surface area contributed by atoms with Crippen molar-refractivity contribution >= 4 is 5.78 Å². The summed E-state index contributed by atoms with van der Waals surface area (Å²) in [5, 5.41) is 13.6. The van der Waals surface area contributed by atoms with Crippen LogP contribution in [0.3, 0.4) is 0 Å². The first kappa shape index (κ1) is 9.04. The number of nitrogens with zero attached hydrogens (tertiary/aromatic N) is 4. The van der Waals surface area contributed by atoms with E-state index in [1.807, 2.05) is 0 Å². The topological polar surface area (TPSA) is 89.3 Å². The molecular weight excluding hydrogens is 182 g/mol. The molecule has 0 aliphatic heterocycles. The van der Waals surface area contributed by atoms with E-state index in [-0.39, 0.29) is 0 Å². The quantitative estimate of drug-likeness (QED) is 0.686. The van der Waals surface area contributed by atoms with Gasteiger partial charge in [0.05, 0.1) is 6.10 Å². The van der Waals surface area contributed by atoms with Gasteiger partial charge in [-0.05, 0) is 13.0 Å². The Bertz CT molecular complexity index is 426. The molecule has 0 aliphatic rings. The van der Waals surface area contributed by atoms with Crippen LogP contribution in [-0.4, -0.2) is 31.2 Å². The Morgan fingerprint density at radius 1 is 1.50 bits per heavy atom. The molecule has 6 heteroatoms. The van der Waals surface area contributed by atoms with Crippen LogP contribution in [-0.2, 0) is 0 Å². The molecule has 0 fully saturated rings. The van der Waals surface area contributed by atoms with Crippen LogP contribution in [0.25, 0.3) is 5.78 Å². The summed E-state index contributed by atoms with van der Waals surface area (Å²) in [5.74, 6) is 0.522. The van der Waals surface area contributed by atoms with Crippen molar-refractivity contribution < 1.29 is 5.11 Å². The van der Waals surface area contributed by atoms with Crippen molar-refractivity contribution in [3.05, 3.63) is 24.3 Å². The van der Waals surface area contributed by atoms with E-state index in [0.29, 0.717) is 24.3 Å². The van der Waals surface area contributed by atoms with Gasteiger partial charge in [-0.3, -0.25) is 0 Å². The van der Waals surface area contributed by atoms with Gasteiger partial charge in [0, 0.05) is 18.0 Å². The van der Waals surface area contributed by atoms with Crippen LogP contribution >= 0.6 is 0 Å². The molecule has 1 atom stereocenters. The number of nitrogens with two attached hydrogens (primary N) is 1. The fraction of sp³-hybridized carbons (Fsp3) is 0.375. The van der Waals surface area contributed by atoms with Crippen molar-refractivity contribution in [3.63, 3.8) is 0 Å². The third kappa shape index (κ3) is 1.57. The lowest BCUT2D eigenvalue weighted by atomic mass is 10.1. The fourth-order valence-electron chi connectivity index (χ4n) is 1.23. The lowest BCUT2D eigenvalue weighted by Crippen LogP contribution is -2.08. The minimum Gasteiger partial charge on any atom is -0.388 e. The number of aliphatic hydroxyl groups is 1.